The van der Waals surface area contributed by atoms with E-state index in [1.807, 2.05) is 27.7 Å². The third-order valence-corrected chi connectivity index (χ3v) is 3.59. The molecular weight excluding hydrogens is 306 g/mol. The van der Waals surface area contributed by atoms with Crippen molar-refractivity contribution in [1.29, 1.82) is 0 Å². The number of rotatable bonds is 7. The Morgan fingerprint density at radius 3 is 2.50 bits per heavy atom. The van der Waals surface area contributed by atoms with Gasteiger partial charge in [-0.3, -0.25) is 9.59 Å². The first-order valence-corrected chi connectivity index (χ1v) is 8.33. The highest BCUT2D eigenvalue weighted by Gasteiger charge is 2.17. The summed E-state index contributed by atoms with van der Waals surface area (Å²) in [5, 5.41) is 8.23. The van der Waals surface area contributed by atoms with Crippen LogP contribution in [0.25, 0.3) is 10.8 Å². The van der Waals surface area contributed by atoms with E-state index in [2.05, 4.69) is 10.4 Å². The lowest BCUT2D eigenvalue weighted by molar-refractivity contribution is 0.0756. The van der Waals surface area contributed by atoms with Crippen molar-refractivity contribution in [2.75, 3.05) is 13.2 Å². The summed E-state index contributed by atoms with van der Waals surface area (Å²) in [6.45, 7) is 8.79. The van der Waals surface area contributed by atoms with Crippen LogP contribution >= 0.6 is 0 Å². The average Bonchev–Trinajstić information content (AvgIpc) is 2.54. The quantitative estimate of drug-likeness (QED) is 0.791. The zero-order chi connectivity index (χ0) is 17.7. The number of carbonyl (C=O) groups excluding carboxylic acids is 1. The van der Waals surface area contributed by atoms with Crippen LogP contribution in [0.1, 0.15) is 50.6 Å². The van der Waals surface area contributed by atoms with Gasteiger partial charge in [0.15, 0.2) is 5.69 Å². The predicted octanol–water partition coefficient (Wildman–Crippen LogP) is 2.52. The molecule has 2 aromatic rings. The van der Waals surface area contributed by atoms with Gasteiger partial charge in [0.05, 0.1) is 17.5 Å². The molecule has 2 rings (SSSR count). The maximum Gasteiger partial charge on any atom is 0.274 e. The molecular formula is C18H25N3O3. The number of nitrogens with zero attached hydrogens (tertiary/aromatic N) is 2. The van der Waals surface area contributed by atoms with Crippen LogP contribution in [0.4, 0.5) is 0 Å². The third kappa shape index (κ3) is 4.20. The number of hydrogen-bond acceptors (Lipinski definition) is 4. The van der Waals surface area contributed by atoms with E-state index >= 15 is 0 Å². The summed E-state index contributed by atoms with van der Waals surface area (Å²) >= 11 is 0. The highest BCUT2D eigenvalue weighted by atomic mass is 16.5. The van der Waals surface area contributed by atoms with E-state index in [-0.39, 0.29) is 29.3 Å². The van der Waals surface area contributed by atoms with E-state index in [9.17, 15) is 9.59 Å². The number of hydrogen-bond donors (Lipinski definition) is 1. The van der Waals surface area contributed by atoms with Crippen LogP contribution in [0, 0.1) is 0 Å². The molecule has 0 saturated carbocycles. The molecule has 0 aliphatic rings. The van der Waals surface area contributed by atoms with Crippen molar-refractivity contribution >= 4 is 16.7 Å². The van der Waals surface area contributed by atoms with E-state index in [4.69, 9.17) is 4.74 Å². The Hall–Kier alpha value is -2.21. The monoisotopic (exact) mass is 331 g/mol. The van der Waals surface area contributed by atoms with Gasteiger partial charge >= 0.3 is 0 Å². The lowest BCUT2D eigenvalue weighted by atomic mass is 10.1. The molecule has 130 valence electrons. The number of nitrogens with one attached hydrogen (secondary N) is 1. The van der Waals surface area contributed by atoms with Gasteiger partial charge in [-0.05, 0) is 40.2 Å². The normalized spacial score (nSPS) is 11.4. The molecule has 24 heavy (non-hydrogen) atoms. The molecule has 0 aliphatic heterocycles. The van der Waals surface area contributed by atoms with Crippen LogP contribution in [0.2, 0.25) is 0 Å². The van der Waals surface area contributed by atoms with E-state index in [1.54, 1.807) is 24.3 Å². The van der Waals surface area contributed by atoms with Gasteiger partial charge in [0, 0.05) is 18.5 Å². The van der Waals surface area contributed by atoms with Crippen molar-refractivity contribution in [3.05, 3.63) is 40.3 Å². The lowest BCUT2D eigenvalue weighted by Crippen LogP contribution is -2.32. The largest absolute Gasteiger partial charge is 0.379 e. The summed E-state index contributed by atoms with van der Waals surface area (Å²) in [6.07, 6.45) is 0.909. The Balaban J connectivity index is 2.22. The van der Waals surface area contributed by atoms with Crippen molar-refractivity contribution < 1.29 is 9.53 Å². The van der Waals surface area contributed by atoms with E-state index in [0.29, 0.717) is 23.9 Å². The summed E-state index contributed by atoms with van der Waals surface area (Å²) in [5.74, 6) is -0.273. The third-order valence-electron chi connectivity index (χ3n) is 3.59. The van der Waals surface area contributed by atoms with E-state index in [1.165, 1.54) is 4.68 Å². The number of aromatic nitrogens is 2. The number of carbonyl (C=O) groups is 1. The molecule has 0 fully saturated rings. The topological polar surface area (TPSA) is 73.2 Å². The van der Waals surface area contributed by atoms with Gasteiger partial charge in [-0.25, -0.2) is 4.68 Å². The van der Waals surface area contributed by atoms with Crippen molar-refractivity contribution in [2.24, 2.45) is 0 Å². The molecule has 0 atom stereocenters. The fourth-order valence-electron chi connectivity index (χ4n) is 2.40. The first kappa shape index (κ1) is 18.1. The minimum atomic E-state index is -0.273. The maximum atomic E-state index is 12.5. The van der Waals surface area contributed by atoms with Crippen LogP contribution < -0.4 is 10.9 Å². The predicted molar refractivity (Wildman–Crippen MR) is 94.4 cm³/mol. The van der Waals surface area contributed by atoms with Crippen molar-refractivity contribution in [1.82, 2.24) is 15.1 Å². The molecule has 0 aliphatic carbocycles. The van der Waals surface area contributed by atoms with Crippen LogP contribution in [0.5, 0.6) is 0 Å². The summed E-state index contributed by atoms with van der Waals surface area (Å²) in [7, 11) is 0. The average molecular weight is 331 g/mol. The molecule has 0 radical (unpaired) electrons. The van der Waals surface area contributed by atoms with Gasteiger partial charge in [0.1, 0.15) is 0 Å². The molecule has 1 N–H and O–H groups in total. The minimum Gasteiger partial charge on any atom is -0.379 e. The van der Waals surface area contributed by atoms with Gasteiger partial charge < -0.3 is 10.1 Å². The number of benzene rings is 1. The van der Waals surface area contributed by atoms with Gasteiger partial charge in [0.2, 0.25) is 0 Å². The molecule has 0 saturated heterocycles. The number of amides is 1. The molecule has 0 bridgehead atoms. The van der Waals surface area contributed by atoms with Crippen molar-refractivity contribution in [3.8, 4) is 0 Å². The first-order valence-electron chi connectivity index (χ1n) is 8.33. The van der Waals surface area contributed by atoms with E-state index in [0.717, 1.165) is 6.42 Å². The Kier molecular flexibility index (Phi) is 6.09. The smallest absolute Gasteiger partial charge is 0.274 e. The molecule has 6 nitrogen and oxygen atoms in total. The van der Waals surface area contributed by atoms with Crippen LogP contribution in [0.15, 0.2) is 29.1 Å². The van der Waals surface area contributed by atoms with E-state index < -0.39 is 0 Å². The van der Waals surface area contributed by atoms with Crippen molar-refractivity contribution in [3.63, 3.8) is 0 Å². The first-order chi connectivity index (χ1) is 11.4. The van der Waals surface area contributed by atoms with Gasteiger partial charge in [-0.2, -0.15) is 5.10 Å². The lowest BCUT2D eigenvalue weighted by Gasteiger charge is -2.13. The summed E-state index contributed by atoms with van der Waals surface area (Å²) in [5.41, 5.74) is 0.103. The molecule has 1 aromatic carbocycles. The molecule has 0 unspecified atom stereocenters. The zero-order valence-corrected chi connectivity index (χ0v) is 14.7. The van der Waals surface area contributed by atoms with Gasteiger partial charge in [0.25, 0.3) is 11.5 Å². The molecule has 1 aromatic heterocycles. The van der Waals surface area contributed by atoms with Gasteiger partial charge in [-0.15, -0.1) is 0 Å². The minimum absolute atomic E-state index is 0.118. The summed E-state index contributed by atoms with van der Waals surface area (Å²) in [6, 6.07) is 6.96. The molecule has 1 heterocycles. The highest BCUT2D eigenvalue weighted by molar-refractivity contribution is 6.04. The molecule has 1 amide bonds. The number of ether oxygens (including phenoxy) is 1. The second kappa shape index (κ2) is 8.06. The highest BCUT2D eigenvalue weighted by Crippen LogP contribution is 2.14. The summed E-state index contributed by atoms with van der Waals surface area (Å²) in [4.78, 5) is 25.0. The van der Waals surface area contributed by atoms with Crippen molar-refractivity contribution in [2.45, 2.75) is 46.3 Å². The van der Waals surface area contributed by atoms with Crippen LogP contribution in [-0.4, -0.2) is 34.9 Å². The molecule has 0 spiro atoms. The van der Waals surface area contributed by atoms with Gasteiger partial charge in [-0.1, -0.05) is 18.2 Å². The van der Waals surface area contributed by atoms with Crippen LogP contribution in [0.3, 0.4) is 0 Å². The maximum absolute atomic E-state index is 12.5. The standard InChI is InChI=1S/C18H25N3O3/c1-12(2)21-18(23)15-9-6-5-8-14(15)16(20-21)17(22)19-10-7-11-24-13(3)4/h5-6,8-9,12-13H,7,10-11H2,1-4H3,(H,19,22). The Labute approximate surface area is 141 Å². The number of fused-ring (bicyclic) bond motifs is 1. The fraction of sp³-hybridized carbons (Fsp3) is 0.500. The Morgan fingerprint density at radius 2 is 1.88 bits per heavy atom. The second-order valence-corrected chi connectivity index (χ2v) is 6.27. The second-order valence-electron chi connectivity index (χ2n) is 6.27. The Morgan fingerprint density at radius 1 is 1.21 bits per heavy atom. The summed E-state index contributed by atoms with van der Waals surface area (Å²) < 4.78 is 6.81. The fourth-order valence-corrected chi connectivity index (χ4v) is 2.40. The zero-order valence-electron chi connectivity index (χ0n) is 14.7. The van der Waals surface area contributed by atoms with Crippen LogP contribution in [-0.2, 0) is 4.74 Å². The Bertz CT molecular complexity index is 766. The molecule has 6 heteroatoms. The SMILES string of the molecule is CC(C)OCCCNC(=O)c1nn(C(C)C)c(=O)c2ccccc12.